The molecule has 1 nitrogen and oxygen atoms in total. The third kappa shape index (κ3) is 1.55. The molecule has 1 aliphatic heterocycles. The van der Waals surface area contributed by atoms with E-state index in [1.807, 2.05) is 0 Å². The molecule has 0 fully saturated rings. The summed E-state index contributed by atoms with van der Waals surface area (Å²) in [6.07, 6.45) is 3.55. The quantitative estimate of drug-likeness (QED) is 0.445. The van der Waals surface area contributed by atoms with Crippen molar-refractivity contribution in [1.82, 2.24) is 4.90 Å². The fraction of sp³-hybridized carbons (Fsp3) is 0.750. The maximum Gasteiger partial charge on any atom is 0.0165 e. The molecule has 1 aliphatic rings. The zero-order valence-electron chi connectivity index (χ0n) is 6.52. The molecule has 0 aromatic heterocycles. The molecule has 52 valence electrons. The number of rotatable bonds is 0. The summed E-state index contributed by atoms with van der Waals surface area (Å²) in [4.78, 5) is 2.37. The molecule has 0 amide bonds. The largest absolute Gasteiger partial charge is 0.300 e. The summed E-state index contributed by atoms with van der Waals surface area (Å²) >= 11 is 0. The lowest BCUT2D eigenvalue weighted by molar-refractivity contribution is 0.269. The predicted molar refractivity (Wildman–Crippen MR) is 40.5 cm³/mol. The van der Waals surface area contributed by atoms with Crippen molar-refractivity contribution in [3.05, 3.63) is 11.6 Å². The molecule has 0 saturated carbocycles. The van der Waals surface area contributed by atoms with Gasteiger partial charge in [0, 0.05) is 12.6 Å². The van der Waals surface area contributed by atoms with Gasteiger partial charge in [0.15, 0.2) is 0 Å². The SMILES string of the molecule is CC1=CCN(C)C(C)C1. The molecular formula is C8H15N. The second-order valence-electron chi connectivity index (χ2n) is 3.04. The van der Waals surface area contributed by atoms with Crippen LogP contribution in [0.2, 0.25) is 0 Å². The number of hydrogen-bond acceptors (Lipinski definition) is 1. The molecule has 0 aliphatic carbocycles. The van der Waals surface area contributed by atoms with Gasteiger partial charge in [-0.15, -0.1) is 0 Å². The third-order valence-electron chi connectivity index (χ3n) is 2.10. The third-order valence-corrected chi connectivity index (χ3v) is 2.10. The van der Waals surface area contributed by atoms with Crippen LogP contribution in [0.3, 0.4) is 0 Å². The van der Waals surface area contributed by atoms with E-state index >= 15 is 0 Å². The van der Waals surface area contributed by atoms with Crippen molar-refractivity contribution < 1.29 is 0 Å². The van der Waals surface area contributed by atoms with Crippen LogP contribution in [0.1, 0.15) is 20.3 Å². The smallest absolute Gasteiger partial charge is 0.0165 e. The Bertz CT molecular complexity index is 127. The first-order valence-electron chi connectivity index (χ1n) is 3.56. The Kier molecular flexibility index (Phi) is 1.91. The lowest BCUT2D eigenvalue weighted by Crippen LogP contribution is -2.32. The molecule has 0 aromatic rings. The van der Waals surface area contributed by atoms with Gasteiger partial charge in [0.25, 0.3) is 0 Å². The van der Waals surface area contributed by atoms with Crippen LogP contribution >= 0.6 is 0 Å². The average Bonchev–Trinajstić information content (AvgIpc) is 1.80. The Morgan fingerprint density at radius 1 is 1.67 bits per heavy atom. The Morgan fingerprint density at radius 3 is 2.78 bits per heavy atom. The summed E-state index contributed by atoms with van der Waals surface area (Å²) in [6.45, 7) is 5.62. The Balaban J connectivity index is 2.54. The zero-order chi connectivity index (χ0) is 6.85. The van der Waals surface area contributed by atoms with Crippen molar-refractivity contribution in [3.63, 3.8) is 0 Å². The lowest BCUT2D eigenvalue weighted by atomic mass is 10.0. The highest BCUT2D eigenvalue weighted by Gasteiger charge is 2.12. The van der Waals surface area contributed by atoms with Crippen molar-refractivity contribution in [3.8, 4) is 0 Å². The first kappa shape index (κ1) is 6.81. The summed E-state index contributed by atoms with van der Waals surface area (Å²) in [5.41, 5.74) is 1.54. The monoisotopic (exact) mass is 125 g/mol. The van der Waals surface area contributed by atoms with Crippen LogP contribution in [0.5, 0.6) is 0 Å². The van der Waals surface area contributed by atoms with E-state index < -0.39 is 0 Å². The second kappa shape index (κ2) is 2.53. The molecule has 1 heterocycles. The van der Waals surface area contributed by atoms with E-state index in [4.69, 9.17) is 0 Å². The van der Waals surface area contributed by atoms with Gasteiger partial charge in [-0.3, -0.25) is 4.90 Å². The fourth-order valence-corrected chi connectivity index (χ4v) is 1.18. The van der Waals surface area contributed by atoms with Crippen LogP contribution in [0.15, 0.2) is 11.6 Å². The van der Waals surface area contributed by atoms with Crippen molar-refractivity contribution in [1.29, 1.82) is 0 Å². The minimum atomic E-state index is 0.745. The highest BCUT2D eigenvalue weighted by atomic mass is 15.1. The maximum atomic E-state index is 2.37. The molecule has 1 rings (SSSR count). The van der Waals surface area contributed by atoms with Crippen molar-refractivity contribution in [2.24, 2.45) is 0 Å². The van der Waals surface area contributed by atoms with Crippen LogP contribution in [0, 0.1) is 0 Å². The highest BCUT2D eigenvalue weighted by molar-refractivity contribution is 5.05. The predicted octanol–water partition coefficient (Wildman–Crippen LogP) is 1.66. The highest BCUT2D eigenvalue weighted by Crippen LogP contribution is 2.14. The van der Waals surface area contributed by atoms with Crippen LogP contribution in [-0.2, 0) is 0 Å². The van der Waals surface area contributed by atoms with Crippen molar-refractivity contribution in [2.45, 2.75) is 26.3 Å². The van der Waals surface area contributed by atoms with E-state index in [0.717, 1.165) is 12.6 Å². The van der Waals surface area contributed by atoms with E-state index in [1.54, 1.807) is 5.57 Å². The second-order valence-corrected chi connectivity index (χ2v) is 3.04. The summed E-state index contributed by atoms with van der Waals surface area (Å²) in [5, 5.41) is 0. The molecular weight excluding hydrogens is 110 g/mol. The van der Waals surface area contributed by atoms with Gasteiger partial charge >= 0.3 is 0 Å². The van der Waals surface area contributed by atoms with Crippen LogP contribution < -0.4 is 0 Å². The molecule has 0 N–H and O–H groups in total. The molecule has 0 spiro atoms. The van der Waals surface area contributed by atoms with Gasteiger partial charge in [-0.25, -0.2) is 0 Å². The van der Waals surface area contributed by atoms with Crippen LogP contribution in [0.25, 0.3) is 0 Å². The maximum absolute atomic E-state index is 2.37. The first-order valence-corrected chi connectivity index (χ1v) is 3.56. The Morgan fingerprint density at radius 2 is 2.33 bits per heavy atom. The van der Waals surface area contributed by atoms with Gasteiger partial charge in [-0.2, -0.15) is 0 Å². The van der Waals surface area contributed by atoms with Crippen LogP contribution in [0.4, 0.5) is 0 Å². The van der Waals surface area contributed by atoms with Crippen molar-refractivity contribution >= 4 is 0 Å². The minimum absolute atomic E-state index is 0.745. The van der Waals surface area contributed by atoms with E-state index in [2.05, 4.69) is 31.9 Å². The summed E-state index contributed by atoms with van der Waals surface area (Å²) < 4.78 is 0. The summed E-state index contributed by atoms with van der Waals surface area (Å²) in [7, 11) is 2.17. The molecule has 9 heavy (non-hydrogen) atoms. The standard InChI is InChI=1S/C8H15N/c1-7-4-5-9(3)8(2)6-7/h4,8H,5-6H2,1-3H3. The zero-order valence-corrected chi connectivity index (χ0v) is 6.52. The summed E-state index contributed by atoms with van der Waals surface area (Å²) in [6, 6.07) is 0.745. The minimum Gasteiger partial charge on any atom is -0.300 e. The normalized spacial score (nSPS) is 30.1. The Hall–Kier alpha value is -0.300. The number of likely N-dealkylation sites (N-methyl/N-ethyl adjacent to an activating group) is 1. The van der Waals surface area contributed by atoms with Crippen molar-refractivity contribution in [2.75, 3.05) is 13.6 Å². The topological polar surface area (TPSA) is 3.24 Å². The van der Waals surface area contributed by atoms with Gasteiger partial charge in [0.2, 0.25) is 0 Å². The van der Waals surface area contributed by atoms with Crippen LogP contribution in [-0.4, -0.2) is 24.5 Å². The van der Waals surface area contributed by atoms with Gasteiger partial charge < -0.3 is 0 Å². The molecule has 1 atom stereocenters. The Labute approximate surface area is 57.4 Å². The molecule has 0 aromatic carbocycles. The fourth-order valence-electron chi connectivity index (χ4n) is 1.18. The first-order chi connectivity index (χ1) is 4.20. The van der Waals surface area contributed by atoms with Gasteiger partial charge in [0.05, 0.1) is 0 Å². The summed E-state index contributed by atoms with van der Waals surface area (Å²) in [5.74, 6) is 0. The lowest BCUT2D eigenvalue weighted by Gasteiger charge is -2.27. The van der Waals surface area contributed by atoms with E-state index in [1.165, 1.54) is 6.42 Å². The molecule has 0 saturated heterocycles. The van der Waals surface area contributed by atoms with E-state index in [-0.39, 0.29) is 0 Å². The average molecular weight is 125 g/mol. The van der Waals surface area contributed by atoms with Gasteiger partial charge in [0.1, 0.15) is 0 Å². The number of nitrogens with zero attached hydrogens (tertiary/aromatic N) is 1. The molecule has 1 heteroatoms. The number of hydrogen-bond donors (Lipinski definition) is 0. The molecule has 1 unspecified atom stereocenters. The van der Waals surface area contributed by atoms with E-state index in [9.17, 15) is 0 Å². The molecule has 0 bridgehead atoms. The molecule has 0 radical (unpaired) electrons. The van der Waals surface area contributed by atoms with Gasteiger partial charge in [-0.05, 0) is 27.3 Å². The van der Waals surface area contributed by atoms with Gasteiger partial charge in [-0.1, -0.05) is 11.6 Å². The van der Waals surface area contributed by atoms with E-state index in [0.29, 0.717) is 0 Å².